The number of hydrogen-bond acceptors (Lipinski definition) is 2. The Morgan fingerprint density at radius 1 is 1.28 bits per heavy atom. The van der Waals surface area contributed by atoms with E-state index in [0.717, 1.165) is 12.1 Å². The zero-order chi connectivity index (χ0) is 13.9. The van der Waals surface area contributed by atoms with Gasteiger partial charge in [-0.05, 0) is 32.0 Å². The summed E-state index contributed by atoms with van der Waals surface area (Å²) >= 11 is 0. The summed E-state index contributed by atoms with van der Waals surface area (Å²) in [5.74, 6) is -0.272. The molecule has 1 aromatic rings. The van der Waals surface area contributed by atoms with Crippen molar-refractivity contribution in [2.75, 3.05) is 0 Å². The normalized spacial score (nSPS) is 11.7. The first-order valence-corrected chi connectivity index (χ1v) is 5.66. The number of ether oxygens (including phenoxy) is 1. The van der Waals surface area contributed by atoms with Gasteiger partial charge in [0.2, 0.25) is 0 Å². The molecule has 0 aliphatic rings. The van der Waals surface area contributed by atoms with Crippen LogP contribution in [-0.2, 0) is 6.18 Å². The average Bonchev–Trinajstić information content (AvgIpc) is 2.25. The van der Waals surface area contributed by atoms with Crippen LogP contribution in [0.1, 0.15) is 43.1 Å². The summed E-state index contributed by atoms with van der Waals surface area (Å²) in [5, 5.41) is 0. The van der Waals surface area contributed by atoms with Crippen molar-refractivity contribution in [1.29, 1.82) is 0 Å². The fourth-order valence-corrected chi connectivity index (χ4v) is 1.47. The number of ketones is 1. The van der Waals surface area contributed by atoms with Crippen molar-refractivity contribution in [2.45, 2.75) is 39.5 Å². The topological polar surface area (TPSA) is 26.3 Å². The van der Waals surface area contributed by atoms with Crippen LogP contribution in [0, 0.1) is 0 Å². The number of benzene rings is 1. The average molecular weight is 260 g/mol. The van der Waals surface area contributed by atoms with Crippen molar-refractivity contribution in [3.8, 4) is 5.75 Å². The maximum absolute atomic E-state index is 12.7. The minimum atomic E-state index is -4.49. The van der Waals surface area contributed by atoms with Crippen LogP contribution < -0.4 is 4.74 Å². The number of rotatable bonds is 4. The van der Waals surface area contributed by atoms with Gasteiger partial charge in [0.15, 0.2) is 5.78 Å². The second-order valence-electron chi connectivity index (χ2n) is 4.19. The van der Waals surface area contributed by atoms with E-state index in [1.807, 2.05) is 0 Å². The number of carbonyl (C=O) groups excluding carboxylic acids is 1. The molecule has 1 rings (SSSR count). The largest absolute Gasteiger partial charge is 0.491 e. The van der Waals surface area contributed by atoms with Crippen LogP contribution in [0.2, 0.25) is 0 Å². The molecule has 0 heterocycles. The predicted molar refractivity (Wildman–Crippen MR) is 61.8 cm³/mol. The van der Waals surface area contributed by atoms with Crippen LogP contribution >= 0.6 is 0 Å². The molecule has 2 nitrogen and oxygen atoms in total. The summed E-state index contributed by atoms with van der Waals surface area (Å²) < 4.78 is 43.3. The molecule has 0 saturated heterocycles. The Morgan fingerprint density at radius 2 is 1.89 bits per heavy atom. The van der Waals surface area contributed by atoms with Gasteiger partial charge in [0.25, 0.3) is 0 Å². The molecule has 0 radical (unpaired) electrons. The molecule has 0 saturated carbocycles. The van der Waals surface area contributed by atoms with Gasteiger partial charge in [-0.25, -0.2) is 0 Å². The van der Waals surface area contributed by atoms with E-state index in [-0.39, 0.29) is 29.6 Å². The van der Waals surface area contributed by atoms with Crippen LogP contribution in [0.15, 0.2) is 18.2 Å². The molecule has 18 heavy (non-hydrogen) atoms. The Kier molecular flexibility index (Phi) is 4.38. The van der Waals surface area contributed by atoms with E-state index in [9.17, 15) is 18.0 Å². The SMILES string of the molecule is CCC(=O)c1cc(OC(C)C)cc(C(F)(F)F)c1. The van der Waals surface area contributed by atoms with E-state index in [0.29, 0.717) is 0 Å². The van der Waals surface area contributed by atoms with Crippen molar-refractivity contribution in [2.24, 2.45) is 0 Å². The molecule has 0 aromatic heterocycles. The molecule has 1 aromatic carbocycles. The molecule has 0 spiro atoms. The van der Waals surface area contributed by atoms with E-state index in [1.54, 1.807) is 20.8 Å². The standard InChI is InChI=1S/C13H15F3O2/c1-4-12(17)9-5-10(13(14,15)16)7-11(6-9)18-8(2)3/h5-8H,4H2,1-3H3. The molecule has 0 unspecified atom stereocenters. The third-order valence-electron chi connectivity index (χ3n) is 2.25. The Hall–Kier alpha value is -1.52. The quantitative estimate of drug-likeness (QED) is 0.762. The molecule has 5 heteroatoms. The molecule has 0 N–H and O–H groups in total. The summed E-state index contributed by atoms with van der Waals surface area (Å²) in [6.45, 7) is 5.02. The van der Waals surface area contributed by atoms with Gasteiger partial charge in [-0.2, -0.15) is 13.2 Å². The molecular formula is C13H15F3O2. The lowest BCUT2D eigenvalue weighted by molar-refractivity contribution is -0.137. The highest BCUT2D eigenvalue weighted by molar-refractivity contribution is 5.96. The van der Waals surface area contributed by atoms with Crippen LogP contribution in [0.3, 0.4) is 0 Å². The zero-order valence-electron chi connectivity index (χ0n) is 10.5. The zero-order valence-corrected chi connectivity index (χ0v) is 10.5. The number of Topliss-reactive ketones (excluding diaryl/α,β-unsaturated/α-hetero) is 1. The second-order valence-corrected chi connectivity index (χ2v) is 4.19. The lowest BCUT2D eigenvalue weighted by Gasteiger charge is -2.14. The molecule has 0 aliphatic carbocycles. The molecule has 0 aliphatic heterocycles. The molecule has 100 valence electrons. The van der Waals surface area contributed by atoms with E-state index >= 15 is 0 Å². The predicted octanol–water partition coefficient (Wildman–Crippen LogP) is 4.09. The van der Waals surface area contributed by atoms with Gasteiger partial charge < -0.3 is 4.74 Å². The van der Waals surface area contributed by atoms with Gasteiger partial charge in [-0.15, -0.1) is 0 Å². The maximum atomic E-state index is 12.7. The Bertz CT molecular complexity index is 436. The van der Waals surface area contributed by atoms with Crippen molar-refractivity contribution in [3.05, 3.63) is 29.3 Å². The minimum absolute atomic E-state index is 0.0305. The summed E-state index contributed by atoms with van der Waals surface area (Å²) in [6, 6.07) is 3.12. The van der Waals surface area contributed by atoms with Gasteiger partial charge in [0.05, 0.1) is 11.7 Å². The van der Waals surface area contributed by atoms with Crippen LogP contribution in [0.4, 0.5) is 13.2 Å². The molecule has 0 fully saturated rings. The van der Waals surface area contributed by atoms with E-state index in [1.165, 1.54) is 6.07 Å². The maximum Gasteiger partial charge on any atom is 0.416 e. The Morgan fingerprint density at radius 3 is 2.33 bits per heavy atom. The minimum Gasteiger partial charge on any atom is -0.491 e. The van der Waals surface area contributed by atoms with Gasteiger partial charge in [-0.1, -0.05) is 6.92 Å². The summed E-state index contributed by atoms with van der Waals surface area (Å²) in [4.78, 5) is 11.5. The van der Waals surface area contributed by atoms with E-state index in [2.05, 4.69) is 0 Å². The highest BCUT2D eigenvalue weighted by Crippen LogP contribution is 2.33. The smallest absolute Gasteiger partial charge is 0.416 e. The Balaban J connectivity index is 3.24. The van der Waals surface area contributed by atoms with Crippen LogP contribution in [-0.4, -0.2) is 11.9 Å². The number of carbonyl (C=O) groups is 1. The molecular weight excluding hydrogens is 245 g/mol. The molecule has 0 atom stereocenters. The van der Waals surface area contributed by atoms with Gasteiger partial charge in [-0.3, -0.25) is 4.79 Å². The first-order chi connectivity index (χ1) is 8.24. The van der Waals surface area contributed by atoms with Gasteiger partial charge >= 0.3 is 6.18 Å². The van der Waals surface area contributed by atoms with Crippen molar-refractivity contribution in [3.63, 3.8) is 0 Å². The second kappa shape index (κ2) is 5.42. The third kappa shape index (κ3) is 3.75. The highest BCUT2D eigenvalue weighted by atomic mass is 19.4. The first-order valence-electron chi connectivity index (χ1n) is 5.66. The van der Waals surface area contributed by atoms with Crippen LogP contribution in [0.25, 0.3) is 0 Å². The van der Waals surface area contributed by atoms with Gasteiger partial charge in [0.1, 0.15) is 5.75 Å². The summed E-state index contributed by atoms with van der Waals surface area (Å²) in [5.41, 5.74) is -0.833. The lowest BCUT2D eigenvalue weighted by Crippen LogP contribution is -2.11. The van der Waals surface area contributed by atoms with Crippen LogP contribution in [0.5, 0.6) is 5.75 Å². The Labute approximate surface area is 104 Å². The fourth-order valence-electron chi connectivity index (χ4n) is 1.47. The molecule has 0 bridgehead atoms. The monoisotopic (exact) mass is 260 g/mol. The number of hydrogen-bond donors (Lipinski definition) is 0. The van der Waals surface area contributed by atoms with E-state index in [4.69, 9.17) is 4.74 Å². The third-order valence-corrected chi connectivity index (χ3v) is 2.25. The first kappa shape index (κ1) is 14.5. The summed E-state index contributed by atoms with van der Waals surface area (Å²) in [6.07, 6.45) is -4.58. The summed E-state index contributed by atoms with van der Waals surface area (Å²) in [7, 11) is 0. The number of halogens is 3. The van der Waals surface area contributed by atoms with Crippen molar-refractivity contribution < 1.29 is 22.7 Å². The number of alkyl halides is 3. The lowest BCUT2D eigenvalue weighted by atomic mass is 10.0. The fraction of sp³-hybridized carbons (Fsp3) is 0.462. The van der Waals surface area contributed by atoms with Gasteiger partial charge in [0, 0.05) is 12.0 Å². The van der Waals surface area contributed by atoms with Crippen molar-refractivity contribution in [1.82, 2.24) is 0 Å². The van der Waals surface area contributed by atoms with Crippen molar-refractivity contribution >= 4 is 5.78 Å². The highest BCUT2D eigenvalue weighted by Gasteiger charge is 2.32. The van der Waals surface area contributed by atoms with E-state index < -0.39 is 11.7 Å². The molecule has 0 amide bonds.